The monoisotopic (exact) mass is 714 g/mol. The van der Waals surface area contributed by atoms with Gasteiger partial charge in [0.05, 0.1) is 53.3 Å². The quantitative estimate of drug-likeness (QED) is 0.241. The largest absolute Gasteiger partial charge is 0.504 e. The first kappa shape index (κ1) is 31.3. The standard InChI is InChI=1S/C35H27BrN2O10/c1-48-25-13-17(36)12-23(29(25)39)26-20-8-9-21-27(32(42)37(30(21)40)18-6-2-4-15(10-18)34(44)45)22(20)14-24-28(26)33(43)38(31(24)41)19-7-3-5-16(11-19)35(46)47/h2-8,10-13,21-22,24,26-28,39H,9,14H2,1H3,(H,44,45)(H,46,47)/t21-,22+,24+,26+,27-,28+/m0/s1. The first-order chi connectivity index (χ1) is 22.9. The molecule has 48 heavy (non-hydrogen) atoms. The minimum Gasteiger partial charge on any atom is -0.504 e. The number of phenolic OH excluding ortho intramolecular Hbond substituents is 1. The Hall–Kier alpha value is -5.30. The molecule has 2 aliphatic carbocycles. The molecule has 4 aliphatic rings. The molecule has 12 nitrogen and oxygen atoms in total. The molecule has 0 unspecified atom stereocenters. The number of carbonyl (C=O) groups excluding carboxylic acids is 4. The van der Waals surface area contributed by atoms with Crippen LogP contribution in [0.1, 0.15) is 45.0 Å². The number of allylic oxidation sites excluding steroid dienone is 2. The molecule has 6 atom stereocenters. The van der Waals surface area contributed by atoms with Gasteiger partial charge in [-0.25, -0.2) is 9.59 Å². The van der Waals surface area contributed by atoms with E-state index in [0.29, 0.717) is 10.0 Å². The average Bonchev–Trinajstić information content (AvgIpc) is 3.48. The molecule has 3 aromatic carbocycles. The number of nitrogens with zero attached hydrogens (tertiary/aromatic N) is 2. The van der Waals surface area contributed by atoms with Crippen molar-refractivity contribution in [2.75, 3.05) is 16.9 Å². The third-order valence-corrected chi connectivity index (χ3v) is 10.4. The minimum absolute atomic E-state index is 0.0434. The van der Waals surface area contributed by atoms with Gasteiger partial charge in [0.1, 0.15) is 0 Å². The van der Waals surface area contributed by atoms with Crippen LogP contribution in [0.2, 0.25) is 0 Å². The summed E-state index contributed by atoms with van der Waals surface area (Å²) < 4.78 is 5.93. The van der Waals surface area contributed by atoms with Crippen LogP contribution in [0, 0.1) is 29.6 Å². The number of carboxylic acids is 2. The lowest BCUT2D eigenvalue weighted by Crippen LogP contribution is -2.43. The number of fused-ring (bicyclic) bond motifs is 4. The van der Waals surface area contributed by atoms with Crippen LogP contribution in [0.3, 0.4) is 0 Å². The molecule has 3 aromatic rings. The maximum absolute atomic E-state index is 14.3. The molecule has 1 saturated carbocycles. The number of halogens is 1. The SMILES string of the molecule is COc1cc(Br)cc([C@H]2C3=CC[C@@H]4C(=O)N(c5cccc(C(=O)O)c5)C(=O)[C@@H]4[C@@H]3C[C@H]3C(=O)N(c4cccc(C(=O)O)c4)C(=O)[C@@H]23)c1O. The topological polar surface area (TPSA) is 179 Å². The number of carbonyl (C=O) groups is 6. The molecule has 0 aromatic heterocycles. The molecular formula is C35H27BrN2O10. The van der Waals surface area contributed by atoms with Crippen LogP contribution in [-0.2, 0) is 19.2 Å². The number of anilines is 2. The van der Waals surface area contributed by atoms with Crippen molar-refractivity contribution in [1.29, 1.82) is 0 Å². The van der Waals surface area contributed by atoms with Crippen LogP contribution < -0.4 is 14.5 Å². The highest BCUT2D eigenvalue weighted by Gasteiger charge is 2.62. The van der Waals surface area contributed by atoms with Gasteiger partial charge in [-0.15, -0.1) is 0 Å². The molecule has 3 fully saturated rings. The van der Waals surface area contributed by atoms with Crippen molar-refractivity contribution in [2.24, 2.45) is 29.6 Å². The van der Waals surface area contributed by atoms with Crippen molar-refractivity contribution >= 4 is 62.9 Å². The minimum atomic E-state index is -1.23. The number of benzene rings is 3. The van der Waals surface area contributed by atoms with Crippen LogP contribution >= 0.6 is 15.9 Å². The second-order valence-electron chi connectivity index (χ2n) is 12.3. The Morgan fingerprint density at radius 1 is 0.771 bits per heavy atom. The van der Waals surface area contributed by atoms with Crippen LogP contribution in [0.5, 0.6) is 11.5 Å². The molecule has 13 heteroatoms. The Balaban J connectivity index is 1.36. The summed E-state index contributed by atoms with van der Waals surface area (Å²) in [7, 11) is 1.38. The highest BCUT2D eigenvalue weighted by molar-refractivity contribution is 9.10. The Bertz CT molecular complexity index is 2010. The first-order valence-electron chi connectivity index (χ1n) is 15.1. The molecule has 0 radical (unpaired) electrons. The van der Waals surface area contributed by atoms with E-state index in [-0.39, 0.29) is 52.4 Å². The van der Waals surface area contributed by atoms with Gasteiger partial charge in [0.15, 0.2) is 11.5 Å². The van der Waals surface area contributed by atoms with Crippen molar-refractivity contribution in [3.05, 3.63) is 93.5 Å². The predicted octanol–water partition coefficient (Wildman–Crippen LogP) is 4.60. The van der Waals surface area contributed by atoms with Gasteiger partial charge < -0.3 is 20.1 Å². The lowest BCUT2D eigenvalue weighted by atomic mass is 9.57. The van der Waals surface area contributed by atoms with Gasteiger partial charge in [0.2, 0.25) is 23.6 Å². The number of amides is 4. The fourth-order valence-electron chi connectivity index (χ4n) is 7.99. The van der Waals surface area contributed by atoms with E-state index < -0.39 is 71.1 Å². The van der Waals surface area contributed by atoms with Crippen molar-refractivity contribution in [1.82, 2.24) is 0 Å². The van der Waals surface area contributed by atoms with Crippen LogP contribution in [0.15, 0.2) is 76.8 Å². The number of aromatic hydroxyl groups is 1. The molecule has 7 rings (SSSR count). The fraction of sp³-hybridized carbons (Fsp3) is 0.257. The number of hydrogen-bond donors (Lipinski definition) is 3. The number of hydrogen-bond acceptors (Lipinski definition) is 8. The average molecular weight is 716 g/mol. The Kier molecular flexibility index (Phi) is 7.46. The van der Waals surface area contributed by atoms with Gasteiger partial charge in [-0.2, -0.15) is 0 Å². The number of rotatable bonds is 6. The number of ether oxygens (including phenoxy) is 1. The summed E-state index contributed by atoms with van der Waals surface area (Å²) in [5.41, 5.74) is 0.907. The molecule has 2 aliphatic heterocycles. The molecule has 2 saturated heterocycles. The van der Waals surface area contributed by atoms with Crippen molar-refractivity contribution in [3.63, 3.8) is 0 Å². The van der Waals surface area contributed by atoms with E-state index in [0.717, 1.165) is 9.80 Å². The summed E-state index contributed by atoms with van der Waals surface area (Å²) in [6.45, 7) is 0. The van der Waals surface area contributed by atoms with E-state index >= 15 is 0 Å². The lowest BCUT2D eigenvalue weighted by Gasteiger charge is -2.44. The van der Waals surface area contributed by atoms with Crippen molar-refractivity contribution in [3.8, 4) is 11.5 Å². The van der Waals surface area contributed by atoms with Crippen LogP contribution in [0.25, 0.3) is 0 Å². The van der Waals surface area contributed by atoms with E-state index in [4.69, 9.17) is 4.74 Å². The van der Waals surface area contributed by atoms with E-state index in [1.54, 1.807) is 12.1 Å². The molecule has 4 amide bonds. The zero-order valence-corrected chi connectivity index (χ0v) is 26.8. The van der Waals surface area contributed by atoms with Gasteiger partial charge >= 0.3 is 11.9 Å². The van der Waals surface area contributed by atoms with Crippen LogP contribution in [-0.4, -0.2) is 58.0 Å². The highest BCUT2D eigenvalue weighted by atomic mass is 79.9. The summed E-state index contributed by atoms with van der Waals surface area (Å²) in [5.74, 6) is -10.1. The van der Waals surface area contributed by atoms with Gasteiger partial charge in [0, 0.05) is 16.0 Å². The Morgan fingerprint density at radius 3 is 1.90 bits per heavy atom. The van der Waals surface area contributed by atoms with Crippen molar-refractivity contribution in [2.45, 2.75) is 18.8 Å². The van der Waals surface area contributed by atoms with Gasteiger partial charge in [-0.1, -0.05) is 39.7 Å². The third-order valence-electron chi connectivity index (χ3n) is 9.98. The normalized spacial score (nSPS) is 26.2. The number of methoxy groups -OCH3 is 1. The molecule has 2 heterocycles. The predicted molar refractivity (Wildman–Crippen MR) is 172 cm³/mol. The van der Waals surface area contributed by atoms with E-state index in [9.17, 15) is 44.1 Å². The highest BCUT2D eigenvalue weighted by Crippen LogP contribution is 2.60. The summed E-state index contributed by atoms with van der Waals surface area (Å²) in [5, 5.41) is 30.5. The summed E-state index contributed by atoms with van der Waals surface area (Å²) in [6.07, 6.45) is 2.00. The van der Waals surface area contributed by atoms with E-state index in [1.165, 1.54) is 55.6 Å². The molecule has 3 N–H and O–H groups in total. The summed E-state index contributed by atoms with van der Waals surface area (Å²) >= 11 is 3.45. The van der Waals surface area contributed by atoms with E-state index in [1.807, 2.05) is 6.08 Å². The summed E-state index contributed by atoms with van der Waals surface area (Å²) in [4.78, 5) is 81.9. The zero-order valence-electron chi connectivity index (χ0n) is 25.2. The molecule has 0 spiro atoms. The molecule has 244 valence electrons. The second kappa shape index (κ2) is 11.4. The fourth-order valence-corrected chi connectivity index (χ4v) is 8.44. The second-order valence-corrected chi connectivity index (χ2v) is 13.2. The zero-order chi connectivity index (χ0) is 34.2. The van der Waals surface area contributed by atoms with Crippen molar-refractivity contribution < 1.29 is 48.8 Å². The maximum Gasteiger partial charge on any atom is 0.335 e. The third kappa shape index (κ3) is 4.63. The van der Waals surface area contributed by atoms with Gasteiger partial charge in [-0.3, -0.25) is 29.0 Å². The number of aromatic carboxylic acids is 2. The van der Waals surface area contributed by atoms with E-state index in [2.05, 4.69) is 15.9 Å². The smallest absolute Gasteiger partial charge is 0.335 e. The number of imide groups is 2. The Labute approximate surface area is 281 Å². The van der Waals surface area contributed by atoms with Gasteiger partial charge in [0.25, 0.3) is 0 Å². The number of carboxylic acid groups (broad SMARTS) is 2. The maximum atomic E-state index is 14.3. The van der Waals surface area contributed by atoms with Crippen LogP contribution in [0.4, 0.5) is 11.4 Å². The summed E-state index contributed by atoms with van der Waals surface area (Å²) in [6, 6.07) is 14.2. The first-order valence-corrected chi connectivity index (χ1v) is 15.9. The van der Waals surface area contributed by atoms with Gasteiger partial charge in [-0.05, 0) is 67.3 Å². The molecular weight excluding hydrogens is 688 g/mol. The molecule has 0 bridgehead atoms. The Morgan fingerprint density at radius 2 is 1.33 bits per heavy atom. The number of phenols is 1. The lowest BCUT2D eigenvalue weighted by molar-refractivity contribution is -0.126.